The fraction of sp³-hybridized carbons (Fsp3) is 0.500. The summed E-state index contributed by atoms with van der Waals surface area (Å²) in [7, 11) is 1.31. The molecule has 2 aromatic rings. The fourth-order valence-corrected chi connectivity index (χ4v) is 4.28. The third-order valence-corrected chi connectivity index (χ3v) is 6.51. The number of hydrogen-bond donors (Lipinski definition) is 0. The second-order valence-corrected chi connectivity index (χ2v) is 8.54. The van der Waals surface area contributed by atoms with Crippen molar-refractivity contribution in [2.24, 2.45) is 7.05 Å². The summed E-state index contributed by atoms with van der Waals surface area (Å²) < 4.78 is 30.2. The number of para-hydroxylation sites is 1. The van der Waals surface area contributed by atoms with Crippen LogP contribution in [0.4, 0.5) is 0 Å². The summed E-state index contributed by atoms with van der Waals surface area (Å²) in [6.07, 6.45) is 1.27. The van der Waals surface area contributed by atoms with E-state index in [1.807, 2.05) is 30.3 Å². The predicted molar refractivity (Wildman–Crippen MR) is 95.0 cm³/mol. The van der Waals surface area contributed by atoms with Crippen LogP contribution in [0.1, 0.15) is 24.6 Å². The van der Waals surface area contributed by atoms with Gasteiger partial charge in [-0.3, -0.25) is 0 Å². The maximum absolute atomic E-state index is 12.5. The first-order valence-corrected chi connectivity index (χ1v) is 9.61. The molecule has 1 aliphatic rings. The summed E-state index contributed by atoms with van der Waals surface area (Å²) >= 11 is 0. The minimum Gasteiger partial charge on any atom is -0.247 e. The smallest absolute Gasteiger partial charge is 0.247 e. The molecule has 1 aromatic carbocycles. The van der Waals surface area contributed by atoms with Gasteiger partial charge < -0.3 is 0 Å². The van der Waals surface area contributed by atoms with E-state index in [4.69, 9.17) is 0 Å². The zero-order valence-electron chi connectivity index (χ0n) is 14.7. The lowest BCUT2D eigenvalue weighted by Crippen LogP contribution is -2.44. The molecule has 1 aliphatic heterocycles. The van der Waals surface area contributed by atoms with Crippen molar-refractivity contribution < 1.29 is 8.42 Å². The third-order valence-electron chi connectivity index (χ3n) is 4.57. The average molecular weight is 365 g/mol. The summed E-state index contributed by atoms with van der Waals surface area (Å²) in [6, 6.07) is 9.40. The Morgan fingerprint density at radius 3 is 2.28 bits per heavy atom. The molecule has 0 aliphatic carbocycles. The van der Waals surface area contributed by atoms with Gasteiger partial charge in [-0.05, 0) is 25.0 Å². The molecule has 8 nitrogen and oxygen atoms in total. The minimum atomic E-state index is -3.40. The molecule has 0 saturated carbocycles. The van der Waals surface area contributed by atoms with Crippen LogP contribution >= 0.6 is 0 Å². The summed E-state index contributed by atoms with van der Waals surface area (Å²) in [4.78, 5) is 12.5. The van der Waals surface area contributed by atoms with Crippen LogP contribution < -0.4 is 5.69 Å². The van der Waals surface area contributed by atoms with E-state index in [1.165, 1.54) is 27.4 Å². The van der Waals surface area contributed by atoms with Gasteiger partial charge in [0.05, 0.1) is 5.69 Å². The van der Waals surface area contributed by atoms with Crippen molar-refractivity contribution in [1.29, 1.82) is 0 Å². The van der Waals surface area contributed by atoms with Gasteiger partial charge in [-0.1, -0.05) is 18.2 Å². The Kier molecular flexibility index (Phi) is 4.81. The van der Waals surface area contributed by atoms with E-state index in [9.17, 15) is 13.2 Å². The normalized spacial score (nSPS) is 17.3. The number of piperidine rings is 1. The first-order chi connectivity index (χ1) is 11.8. The van der Waals surface area contributed by atoms with Crippen LogP contribution in [-0.2, 0) is 17.3 Å². The molecule has 136 valence electrons. The van der Waals surface area contributed by atoms with Gasteiger partial charge in [0.2, 0.25) is 0 Å². The van der Waals surface area contributed by atoms with E-state index >= 15 is 0 Å². The van der Waals surface area contributed by atoms with Crippen LogP contribution in [0.3, 0.4) is 0 Å². The van der Waals surface area contributed by atoms with Crippen LogP contribution in [0.15, 0.2) is 35.1 Å². The molecule has 0 N–H and O–H groups in total. The molecule has 2 heterocycles. The van der Waals surface area contributed by atoms with Gasteiger partial charge in [0.1, 0.15) is 5.82 Å². The Hall–Kier alpha value is -1.97. The van der Waals surface area contributed by atoms with E-state index in [2.05, 4.69) is 5.10 Å². The van der Waals surface area contributed by atoms with Crippen molar-refractivity contribution in [3.05, 3.63) is 46.6 Å². The lowest BCUT2D eigenvalue weighted by molar-refractivity contribution is 0.295. The molecule has 0 atom stereocenters. The highest BCUT2D eigenvalue weighted by atomic mass is 32.2. The maximum atomic E-state index is 12.5. The lowest BCUT2D eigenvalue weighted by Gasteiger charge is -2.32. The zero-order chi connectivity index (χ0) is 18.2. The van der Waals surface area contributed by atoms with Gasteiger partial charge in [0.15, 0.2) is 0 Å². The Balaban J connectivity index is 1.88. The van der Waals surface area contributed by atoms with Crippen molar-refractivity contribution >= 4 is 10.2 Å². The fourth-order valence-electron chi connectivity index (χ4n) is 3.14. The third kappa shape index (κ3) is 3.26. The number of aromatic nitrogens is 3. The zero-order valence-corrected chi connectivity index (χ0v) is 15.5. The van der Waals surface area contributed by atoms with E-state index in [0.717, 1.165) is 5.69 Å². The summed E-state index contributed by atoms with van der Waals surface area (Å²) in [5.41, 5.74) is 0.587. The van der Waals surface area contributed by atoms with E-state index < -0.39 is 10.2 Å². The second-order valence-electron chi connectivity index (χ2n) is 6.40. The van der Waals surface area contributed by atoms with Crippen molar-refractivity contribution in [3.8, 4) is 5.69 Å². The summed E-state index contributed by atoms with van der Waals surface area (Å²) in [6.45, 7) is 0.843. The minimum absolute atomic E-state index is 0.0442. The van der Waals surface area contributed by atoms with E-state index in [1.54, 1.807) is 11.6 Å². The number of aryl methyl sites for hydroxylation is 1. The standard InChI is InChI=1S/C16H23N5O3S/c1-18(2)25(23,24)20-11-9-13(10-12-20)15-17-19(3)16(22)21(15)14-7-5-4-6-8-14/h4-8,13H,9-12H2,1-3H3. The molecule has 1 aromatic heterocycles. The van der Waals surface area contributed by atoms with Gasteiger partial charge in [0, 0.05) is 40.2 Å². The lowest BCUT2D eigenvalue weighted by atomic mass is 9.97. The SMILES string of the molecule is CN(C)S(=O)(=O)N1CCC(c2nn(C)c(=O)n2-c2ccccc2)CC1. The molecule has 0 spiro atoms. The highest BCUT2D eigenvalue weighted by molar-refractivity contribution is 7.86. The molecule has 25 heavy (non-hydrogen) atoms. The Morgan fingerprint density at radius 1 is 1.12 bits per heavy atom. The topological polar surface area (TPSA) is 80.4 Å². The Labute approximate surface area is 147 Å². The van der Waals surface area contributed by atoms with Gasteiger partial charge >= 0.3 is 5.69 Å². The van der Waals surface area contributed by atoms with Gasteiger partial charge in [-0.15, -0.1) is 0 Å². The second kappa shape index (κ2) is 6.74. The molecule has 0 radical (unpaired) electrons. The molecular weight excluding hydrogens is 342 g/mol. The van der Waals surface area contributed by atoms with Crippen molar-refractivity contribution in [3.63, 3.8) is 0 Å². The first kappa shape index (κ1) is 17.8. The van der Waals surface area contributed by atoms with Crippen LogP contribution in [0.25, 0.3) is 5.69 Å². The van der Waals surface area contributed by atoms with E-state index in [0.29, 0.717) is 31.8 Å². The molecule has 1 fully saturated rings. The van der Waals surface area contributed by atoms with Crippen LogP contribution in [0.5, 0.6) is 0 Å². The van der Waals surface area contributed by atoms with Crippen LogP contribution in [0, 0.1) is 0 Å². The van der Waals surface area contributed by atoms with Gasteiger partial charge in [-0.25, -0.2) is 14.0 Å². The number of rotatable bonds is 4. The molecule has 0 bridgehead atoms. The highest BCUT2D eigenvalue weighted by Crippen LogP contribution is 2.29. The molecular formula is C16H23N5O3S. The van der Waals surface area contributed by atoms with Crippen molar-refractivity contribution in [2.45, 2.75) is 18.8 Å². The Bertz CT molecular complexity index is 894. The van der Waals surface area contributed by atoms with E-state index in [-0.39, 0.29) is 11.6 Å². The van der Waals surface area contributed by atoms with Gasteiger partial charge in [0.25, 0.3) is 10.2 Å². The van der Waals surface area contributed by atoms with Crippen LogP contribution in [-0.4, -0.2) is 58.6 Å². The predicted octanol–water partition coefficient (Wildman–Crippen LogP) is 0.557. The maximum Gasteiger partial charge on any atom is 0.350 e. The molecule has 0 amide bonds. The molecule has 3 rings (SSSR count). The average Bonchev–Trinajstić information content (AvgIpc) is 2.91. The monoisotopic (exact) mass is 365 g/mol. The number of hydrogen-bond acceptors (Lipinski definition) is 4. The molecule has 0 unspecified atom stereocenters. The number of benzene rings is 1. The number of nitrogens with zero attached hydrogens (tertiary/aromatic N) is 5. The summed E-state index contributed by atoms with van der Waals surface area (Å²) in [5.74, 6) is 0.739. The Morgan fingerprint density at radius 2 is 1.72 bits per heavy atom. The quantitative estimate of drug-likeness (QED) is 0.793. The van der Waals surface area contributed by atoms with Crippen LogP contribution in [0.2, 0.25) is 0 Å². The molecule has 1 saturated heterocycles. The molecule has 9 heteroatoms. The van der Waals surface area contributed by atoms with Crippen molar-refractivity contribution in [2.75, 3.05) is 27.2 Å². The van der Waals surface area contributed by atoms with Gasteiger partial charge in [-0.2, -0.15) is 22.1 Å². The largest absolute Gasteiger partial charge is 0.350 e. The van der Waals surface area contributed by atoms with Crippen molar-refractivity contribution in [1.82, 2.24) is 23.0 Å². The summed E-state index contributed by atoms with van der Waals surface area (Å²) in [5, 5.41) is 4.42. The first-order valence-electron chi connectivity index (χ1n) is 8.21. The highest BCUT2D eigenvalue weighted by Gasteiger charge is 2.32.